The molecule has 0 amide bonds. The van der Waals surface area contributed by atoms with Gasteiger partial charge in [-0.3, -0.25) is 4.98 Å². The third-order valence-corrected chi connectivity index (χ3v) is 5.95. The molecule has 2 atom stereocenters. The number of hydrogen-bond donors (Lipinski definition) is 1. The fourth-order valence-corrected chi connectivity index (χ4v) is 4.55. The van der Waals surface area contributed by atoms with E-state index in [1.807, 2.05) is 29.0 Å². The minimum atomic E-state index is -0.870. The van der Waals surface area contributed by atoms with E-state index in [9.17, 15) is 5.11 Å². The van der Waals surface area contributed by atoms with Gasteiger partial charge in [0, 0.05) is 33.8 Å². The lowest BCUT2D eigenvalue weighted by Crippen LogP contribution is -2.03. The number of allylic oxidation sites excluding steroid dienone is 1. The Hall–Kier alpha value is -1.60. The molecule has 0 aromatic carbocycles. The average Bonchev–Trinajstić information content (AvgIpc) is 3.34. The largest absolute Gasteiger partial charge is 0.383 e. The van der Waals surface area contributed by atoms with Crippen LogP contribution in [0, 0.1) is 0 Å². The van der Waals surface area contributed by atoms with E-state index in [1.54, 1.807) is 29.8 Å². The van der Waals surface area contributed by atoms with Crippen LogP contribution in [0.5, 0.6) is 0 Å². The van der Waals surface area contributed by atoms with Crippen LogP contribution in [0.4, 0.5) is 0 Å². The highest BCUT2D eigenvalue weighted by Gasteiger charge is 2.30. The fourth-order valence-electron chi connectivity index (χ4n) is 2.62. The molecule has 3 aromatic rings. The lowest BCUT2D eigenvalue weighted by atomic mass is 9.98. The second-order valence-corrected chi connectivity index (χ2v) is 8.12. The Kier molecular flexibility index (Phi) is 4.45. The summed E-state index contributed by atoms with van der Waals surface area (Å²) < 4.78 is 5.60. The number of rotatable bonds is 4. The van der Waals surface area contributed by atoms with Gasteiger partial charge in [-0.2, -0.15) is 11.3 Å². The van der Waals surface area contributed by atoms with Gasteiger partial charge in [0.05, 0.1) is 10.3 Å². The lowest BCUT2D eigenvalue weighted by molar-refractivity contribution is 0.219. The summed E-state index contributed by atoms with van der Waals surface area (Å²) in [5.41, 5.74) is 2.92. The lowest BCUT2D eigenvalue weighted by Gasteiger charge is -2.12. The van der Waals surface area contributed by atoms with E-state index in [1.165, 1.54) is 11.8 Å². The predicted molar refractivity (Wildman–Crippen MR) is 97.9 cm³/mol. The summed E-state index contributed by atoms with van der Waals surface area (Å²) in [4.78, 5) is 5.04. The van der Waals surface area contributed by atoms with Gasteiger partial charge in [0.15, 0.2) is 5.76 Å². The maximum atomic E-state index is 11.0. The third-order valence-electron chi connectivity index (χ3n) is 3.76. The molecule has 4 heterocycles. The van der Waals surface area contributed by atoms with Gasteiger partial charge >= 0.3 is 0 Å². The smallest absolute Gasteiger partial charge is 0.174 e. The van der Waals surface area contributed by atoms with Gasteiger partial charge in [0.25, 0.3) is 0 Å². The minimum absolute atomic E-state index is 0.00955. The first-order chi connectivity index (χ1) is 11.7. The van der Waals surface area contributed by atoms with Gasteiger partial charge in [-0.15, -0.1) is 23.4 Å². The number of thioether (sulfide) groups is 1. The highest BCUT2D eigenvalue weighted by atomic mass is 35.5. The van der Waals surface area contributed by atoms with E-state index in [0.717, 1.165) is 16.9 Å². The molecule has 0 spiro atoms. The molecule has 7 heteroatoms. The summed E-state index contributed by atoms with van der Waals surface area (Å²) in [6.07, 6.45) is 5.27. The van der Waals surface area contributed by atoms with Crippen molar-refractivity contribution < 1.29 is 9.63 Å². The second-order valence-electron chi connectivity index (χ2n) is 5.31. The number of halogens is 1. The van der Waals surface area contributed by atoms with E-state index >= 15 is 0 Å². The molecule has 3 aromatic heterocycles. The molecule has 4 rings (SSSR count). The number of thiophene rings is 1. The number of aliphatic hydroxyl groups is 1. The monoisotopic (exact) mass is 376 g/mol. The standard InChI is InChI=1S/C17H13ClN2O2S2/c18-13-4-3-12(24-13)15-14(16(21)10-2-1-6-19-8-10)17(22-20-15)11-5-7-23-9-11/h1-3,5-9,13,16,21H,4H2. The van der Waals surface area contributed by atoms with Crippen molar-refractivity contribution in [1.82, 2.24) is 10.1 Å². The van der Waals surface area contributed by atoms with Crippen LogP contribution in [0.2, 0.25) is 0 Å². The Balaban J connectivity index is 1.84. The number of alkyl halides is 1. The highest BCUT2D eigenvalue weighted by Crippen LogP contribution is 2.46. The van der Waals surface area contributed by atoms with Crippen molar-refractivity contribution in [1.29, 1.82) is 0 Å². The second kappa shape index (κ2) is 6.72. The first-order valence-corrected chi connectivity index (χ1v) is 9.61. The van der Waals surface area contributed by atoms with Crippen LogP contribution in [-0.4, -0.2) is 20.0 Å². The normalized spacial score (nSPS) is 18.6. The number of nitrogens with zero attached hydrogens (tertiary/aromatic N) is 2. The molecule has 1 aliphatic rings. The molecule has 0 bridgehead atoms. The molecule has 122 valence electrons. The first-order valence-electron chi connectivity index (χ1n) is 7.35. The predicted octanol–water partition coefficient (Wildman–Crippen LogP) is 4.92. The zero-order valence-electron chi connectivity index (χ0n) is 12.4. The molecule has 1 aliphatic heterocycles. The number of hydrogen-bond acceptors (Lipinski definition) is 6. The maximum Gasteiger partial charge on any atom is 0.174 e. The van der Waals surface area contributed by atoms with Crippen LogP contribution in [0.25, 0.3) is 16.2 Å². The summed E-state index contributed by atoms with van der Waals surface area (Å²) >= 11 is 9.30. The third kappa shape index (κ3) is 2.91. The minimum Gasteiger partial charge on any atom is -0.383 e. The molecular formula is C17H13ClN2O2S2. The topological polar surface area (TPSA) is 59.2 Å². The molecule has 0 saturated heterocycles. The number of pyridine rings is 1. The van der Waals surface area contributed by atoms with Gasteiger partial charge in [-0.1, -0.05) is 17.3 Å². The molecule has 24 heavy (non-hydrogen) atoms. The molecule has 0 radical (unpaired) electrons. The summed E-state index contributed by atoms with van der Waals surface area (Å²) in [6, 6.07) is 5.59. The Morgan fingerprint density at radius 1 is 1.38 bits per heavy atom. The SMILES string of the molecule is OC(c1cccnc1)c1c(C2=CCC(Cl)S2)noc1-c1ccsc1. The summed E-state index contributed by atoms with van der Waals surface area (Å²) in [6.45, 7) is 0. The summed E-state index contributed by atoms with van der Waals surface area (Å²) in [7, 11) is 0. The zero-order chi connectivity index (χ0) is 16.5. The highest BCUT2D eigenvalue weighted by molar-refractivity contribution is 8.10. The van der Waals surface area contributed by atoms with Crippen molar-refractivity contribution in [3.05, 3.63) is 64.2 Å². The van der Waals surface area contributed by atoms with E-state index in [0.29, 0.717) is 22.6 Å². The van der Waals surface area contributed by atoms with Crippen LogP contribution >= 0.6 is 34.7 Å². The molecular weight excluding hydrogens is 364 g/mol. The van der Waals surface area contributed by atoms with Crippen LogP contribution in [-0.2, 0) is 0 Å². The van der Waals surface area contributed by atoms with Gasteiger partial charge in [0.2, 0.25) is 0 Å². The number of aliphatic hydroxyl groups excluding tert-OH is 1. The molecule has 0 aliphatic carbocycles. The van der Waals surface area contributed by atoms with E-state index in [2.05, 4.69) is 10.1 Å². The van der Waals surface area contributed by atoms with E-state index in [-0.39, 0.29) is 4.71 Å². The van der Waals surface area contributed by atoms with Crippen molar-refractivity contribution in [2.24, 2.45) is 0 Å². The molecule has 2 unspecified atom stereocenters. The summed E-state index contributed by atoms with van der Waals surface area (Å²) in [5, 5.41) is 19.1. The Labute approximate surface area is 152 Å². The van der Waals surface area contributed by atoms with Crippen molar-refractivity contribution in [2.75, 3.05) is 0 Å². The quantitative estimate of drug-likeness (QED) is 0.654. The van der Waals surface area contributed by atoms with Gasteiger partial charge in [-0.25, -0.2) is 0 Å². The van der Waals surface area contributed by atoms with E-state index < -0.39 is 6.10 Å². The van der Waals surface area contributed by atoms with Crippen molar-refractivity contribution in [3.63, 3.8) is 0 Å². The van der Waals surface area contributed by atoms with Crippen LogP contribution in [0.3, 0.4) is 0 Å². The fraction of sp³-hybridized carbons (Fsp3) is 0.176. The van der Waals surface area contributed by atoms with Crippen molar-refractivity contribution >= 4 is 39.6 Å². The van der Waals surface area contributed by atoms with Crippen LogP contribution in [0.1, 0.15) is 29.3 Å². The van der Waals surface area contributed by atoms with Gasteiger partial charge < -0.3 is 9.63 Å². The van der Waals surface area contributed by atoms with Crippen molar-refractivity contribution in [2.45, 2.75) is 17.2 Å². The average molecular weight is 377 g/mol. The van der Waals surface area contributed by atoms with Crippen molar-refractivity contribution in [3.8, 4) is 11.3 Å². The molecule has 4 nitrogen and oxygen atoms in total. The summed E-state index contributed by atoms with van der Waals surface area (Å²) in [5.74, 6) is 0.585. The molecule has 0 fully saturated rings. The Morgan fingerprint density at radius 3 is 2.96 bits per heavy atom. The zero-order valence-corrected chi connectivity index (χ0v) is 14.8. The number of aromatic nitrogens is 2. The molecule has 1 N–H and O–H groups in total. The van der Waals surface area contributed by atoms with Crippen LogP contribution < -0.4 is 0 Å². The van der Waals surface area contributed by atoms with Gasteiger partial charge in [0.1, 0.15) is 11.8 Å². The van der Waals surface area contributed by atoms with Gasteiger partial charge in [-0.05, 0) is 23.9 Å². The Bertz CT molecular complexity index is 862. The Morgan fingerprint density at radius 2 is 2.29 bits per heavy atom. The molecule has 0 saturated carbocycles. The maximum absolute atomic E-state index is 11.0. The van der Waals surface area contributed by atoms with E-state index in [4.69, 9.17) is 16.1 Å². The van der Waals surface area contributed by atoms with Crippen LogP contribution in [0.15, 0.2) is 52.0 Å². The first kappa shape index (κ1) is 15.9.